The van der Waals surface area contributed by atoms with Crippen molar-refractivity contribution in [1.82, 2.24) is 9.97 Å². The average molecular weight is 359 g/mol. The lowest BCUT2D eigenvalue weighted by atomic mass is 9.93. The van der Waals surface area contributed by atoms with E-state index in [1.807, 2.05) is 49.5 Å². The van der Waals surface area contributed by atoms with Gasteiger partial charge in [0.25, 0.3) is 0 Å². The predicted molar refractivity (Wildman–Crippen MR) is 110 cm³/mol. The summed E-state index contributed by atoms with van der Waals surface area (Å²) in [6.07, 6.45) is 3.71. The number of benzene rings is 2. The van der Waals surface area contributed by atoms with E-state index < -0.39 is 0 Å². The number of piperidine rings is 1. The maximum Gasteiger partial charge on any atom is 0.147 e. The molecular formula is C23H25N3O. The molecule has 0 amide bonds. The third kappa shape index (κ3) is 3.86. The smallest absolute Gasteiger partial charge is 0.147 e. The first kappa shape index (κ1) is 17.7. The van der Waals surface area contributed by atoms with Crippen LogP contribution in [0, 0.1) is 5.92 Å². The zero-order valence-corrected chi connectivity index (χ0v) is 15.6. The summed E-state index contributed by atoms with van der Waals surface area (Å²) < 4.78 is 0. The van der Waals surface area contributed by atoms with Gasteiger partial charge in [-0.25, -0.2) is 4.98 Å². The van der Waals surface area contributed by atoms with Crippen LogP contribution in [-0.2, 0) is 0 Å². The lowest BCUT2D eigenvalue weighted by molar-refractivity contribution is 0.115. The molecule has 2 heterocycles. The highest BCUT2D eigenvalue weighted by Crippen LogP contribution is 2.31. The second-order valence-corrected chi connectivity index (χ2v) is 7.25. The van der Waals surface area contributed by atoms with Crippen molar-refractivity contribution >= 4 is 5.82 Å². The van der Waals surface area contributed by atoms with Gasteiger partial charge in [-0.1, -0.05) is 60.7 Å². The van der Waals surface area contributed by atoms with Crippen molar-refractivity contribution in [3.8, 4) is 22.5 Å². The maximum absolute atomic E-state index is 10.0. The van der Waals surface area contributed by atoms with Gasteiger partial charge in [-0.05, 0) is 19.8 Å². The Hall–Kier alpha value is -2.72. The van der Waals surface area contributed by atoms with Gasteiger partial charge < -0.3 is 10.0 Å². The molecule has 2 unspecified atom stereocenters. The maximum atomic E-state index is 10.0. The van der Waals surface area contributed by atoms with Crippen molar-refractivity contribution in [1.29, 1.82) is 0 Å². The van der Waals surface area contributed by atoms with Crippen LogP contribution in [0.25, 0.3) is 22.5 Å². The Morgan fingerprint density at radius 1 is 0.963 bits per heavy atom. The van der Waals surface area contributed by atoms with Gasteiger partial charge >= 0.3 is 0 Å². The number of hydrogen-bond acceptors (Lipinski definition) is 4. The third-order valence-corrected chi connectivity index (χ3v) is 5.32. The summed E-state index contributed by atoms with van der Waals surface area (Å²) in [5.74, 6) is 1.17. The molecule has 1 saturated heterocycles. The van der Waals surface area contributed by atoms with Crippen LogP contribution in [0.2, 0.25) is 0 Å². The molecule has 0 radical (unpaired) electrons. The van der Waals surface area contributed by atoms with Gasteiger partial charge in [-0.15, -0.1) is 0 Å². The first-order valence-corrected chi connectivity index (χ1v) is 9.63. The summed E-state index contributed by atoms with van der Waals surface area (Å²) in [6, 6.07) is 20.4. The molecule has 1 N–H and O–H groups in total. The second kappa shape index (κ2) is 7.89. The number of hydrogen-bond donors (Lipinski definition) is 1. The molecule has 1 aliphatic heterocycles. The van der Waals surface area contributed by atoms with Gasteiger partial charge in [0, 0.05) is 30.1 Å². The Balaban J connectivity index is 1.75. The molecule has 4 heteroatoms. The zero-order valence-electron chi connectivity index (χ0n) is 15.6. The monoisotopic (exact) mass is 359 g/mol. The van der Waals surface area contributed by atoms with Crippen molar-refractivity contribution in [3.05, 3.63) is 66.9 Å². The van der Waals surface area contributed by atoms with E-state index in [1.54, 1.807) is 0 Å². The molecule has 138 valence electrons. The van der Waals surface area contributed by atoms with E-state index in [2.05, 4.69) is 29.2 Å². The lowest BCUT2D eigenvalue weighted by Gasteiger charge is -2.35. The van der Waals surface area contributed by atoms with E-state index in [0.717, 1.165) is 54.3 Å². The molecule has 27 heavy (non-hydrogen) atoms. The number of rotatable bonds is 4. The molecule has 4 nitrogen and oxygen atoms in total. The van der Waals surface area contributed by atoms with Crippen LogP contribution < -0.4 is 4.90 Å². The van der Waals surface area contributed by atoms with E-state index in [9.17, 15) is 5.11 Å². The lowest BCUT2D eigenvalue weighted by Crippen LogP contribution is -2.40. The van der Waals surface area contributed by atoms with E-state index in [4.69, 9.17) is 9.97 Å². The molecule has 0 aliphatic carbocycles. The minimum atomic E-state index is -0.294. The Kier molecular flexibility index (Phi) is 5.16. The normalized spacial score (nSPS) is 18.3. The summed E-state index contributed by atoms with van der Waals surface area (Å²) in [5.41, 5.74) is 3.93. The molecule has 4 rings (SSSR count). The quantitative estimate of drug-likeness (QED) is 0.750. The Morgan fingerprint density at radius 2 is 1.59 bits per heavy atom. The molecule has 0 bridgehead atoms. The Morgan fingerprint density at radius 3 is 2.22 bits per heavy atom. The minimum absolute atomic E-state index is 0.287. The highest BCUT2D eigenvalue weighted by molar-refractivity contribution is 5.78. The third-order valence-electron chi connectivity index (χ3n) is 5.32. The molecule has 1 aromatic heterocycles. The standard InChI is InChI=1S/C23H25N3O/c1-17(27)20-13-8-14-26(16-20)21-15-24-22(18-9-4-2-5-10-18)23(25-21)19-11-6-3-7-12-19/h2-7,9-12,15,17,20,27H,8,13-14,16H2,1H3. The van der Waals surface area contributed by atoms with Crippen LogP contribution in [0.1, 0.15) is 19.8 Å². The SMILES string of the molecule is CC(O)C1CCCN(c2cnc(-c3ccccc3)c(-c3ccccc3)n2)C1. The summed E-state index contributed by atoms with van der Waals surface area (Å²) in [5, 5.41) is 10.0. The van der Waals surface area contributed by atoms with E-state index in [-0.39, 0.29) is 12.0 Å². The van der Waals surface area contributed by atoms with Crippen molar-refractivity contribution in [2.75, 3.05) is 18.0 Å². The van der Waals surface area contributed by atoms with Gasteiger partial charge in [-0.3, -0.25) is 4.98 Å². The zero-order chi connectivity index (χ0) is 18.6. The number of aromatic nitrogens is 2. The molecule has 0 spiro atoms. The number of aliphatic hydroxyl groups excluding tert-OH is 1. The van der Waals surface area contributed by atoms with Gasteiger partial charge in [0.05, 0.1) is 23.7 Å². The molecule has 3 aromatic rings. The summed E-state index contributed by atoms with van der Waals surface area (Å²) in [6.45, 7) is 3.66. The minimum Gasteiger partial charge on any atom is -0.393 e. The van der Waals surface area contributed by atoms with Crippen LogP contribution in [0.4, 0.5) is 5.82 Å². The van der Waals surface area contributed by atoms with Crippen LogP contribution in [0.5, 0.6) is 0 Å². The van der Waals surface area contributed by atoms with Gasteiger partial charge in [0.2, 0.25) is 0 Å². The van der Waals surface area contributed by atoms with E-state index in [1.165, 1.54) is 0 Å². The Labute approximate surface area is 160 Å². The molecule has 2 aromatic carbocycles. The summed E-state index contributed by atoms with van der Waals surface area (Å²) in [4.78, 5) is 12.1. The molecule has 1 fully saturated rings. The van der Waals surface area contributed by atoms with Gasteiger partial charge in [0.15, 0.2) is 0 Å². The fraction of sp³-hybridized carbons (Fsp3) is 0.304. The summed E-state index contributed by atoms with van der Waals surface area (Å²) >= 11 is 0. The van der Waals surface area contributed by atoms with Crippen LogP contribution in [0.15, 0.2) is 66.9 Å². The van der Waals surface area contributed by atoms with Crippen molar-refractivity contribution in [2.45, 2.75) is 25.9 Å². The van der Waals surface area contributed by atoms with E-state index in [0.29, 0.717) is 0 Å². The second-order valence-electron chi connectivity index (χ2n) is 7.25. The average Bonchev–Trinajstić information content (AvgIpc) is 2.74. The van der Waals surface area contributed by atoms with Crippen molar-refractivity contribution in [3.63, 3.8) is 0 Å². The van der Waals surface area contributed by atoms with Gasteiger partial charge in [0.1, 0.15) is 5.82 Å². The number of nitrogens with zero attached hydrogens (tertiary/aromatic N) is 3. The molecular weight excluding hydrogens is 334 g/mol. The van der Waals surface area contributed by atoms with Gasteiger partial charge in [-0.2, -0.15) is 0 Å². The fourth-order valence-electron chi connectivity index (χ4n) is 3.75. The predicted octanol–water partition coefficient (Wildman–Crippen LogP) is 4.41. The number of aliphatic hydroxyl groups is 1. The molecule has 0 saturated carbocycles. The van der Waals surface area contributed by atoms with Crippen LogP contribution in [0.3, 0.4) is 0 Å². The van der Waals surface area contributed by atoms with Crippen LogP contribution >= 0.6 is 0 Å². The van der Waals surface area contributed by atoms with Crippen LogP contribution in [-0.4, -0.2) is 34.3 Å². The number of anilines is 1. The first-order valence-electron chi connectivity index (χ1n) is 9.63. The Bertz CT molecular complexity index is 881. The fourth-order valence-corrected chi connectivity index (χ4v) is 3.75. The first-order chi connectivity index (χ1) is 13.2. The highest BCUT2D eigenvalue weighted by atomic mass is 16.3. The largest absolute Gasteiger partial charge is 0.393 e. The highest BCUT2D eigenvalue weighted by Gasteiger charge is 2.25. The molecule has 2 atom stereocenters. The molecule has 1 aliphatic rings. The van der Waals surface area contributed by atoms with Crippen molar-refractivity contribution < 1.29 is 5.11 Å². The van der Waals surface area contributed by atoms with E-state index >= 15 is 0 Å². The topological polar surface area (TPSA) is 49.2 Å². The van der Waals surface area contributed by atoms with Crippen molar-refractivity contribution in [2.24, 2.45) is 5.92 Å². The summed E-state index contributed by atoms with van der Waals surface area (Å²) in [7, 11) is 0.